The Hall–Kier alpha value is -0.300. The largest absolute Gasteiger partial charge is 0.303 e. The number of nitrogens with zero attached hydrogens (tertiary/aromatic N) is 1. The van der Waals surface area contributed by atoms with E-state index in [-0.39, 0.29) is 0 Å². The molecular weight excluding hydrogens is 170 g/mol. The molecule has 0 amide bonds. The van der Waals surface area contributed by atoms with Crippen LogP contribution in [0.4, 0.5) is 0 Å². The summed E-state index contributed by atoms with van der Waals surface area (Å²) in [4.78, 5) is 2.54. The van der Waals surface area contributed by atoms with E-state index >= 15 is 0 Å². The number of hydrogen-bond acceptors (Lipinski definition) is 1. The first kappa shape index (κ1) is 11.8. The van der Waals surface area contributed by atoms with E-state index in [2.05, 4.69) is 32.4 Å². The second-order valence-electron chi connectivity index (χ2n) is 4.83. The zero-order valence-electron chi connectivity index (χ0n) is 10.1. The monoisotopic (exact) mass is 195 g/mol. The lowest BCUT2D eigenvalue weighted by atomic mass is 9.82. The van der Waals surface area contributed by atoms with Crippen LogP contribution < -0.4 is 0 Å². The predicted molar refractivity (Wildman–Crippen MR) is 63.5 cm³/mol. The van der Waals surface area contributed by atoms with Crippen LogP contribution in [0.1, 0.15) is 46.0 Å². The van der Waals surface area contributed by atoms with Crippen LogP contribution in [-0.2, 0) is 0 Å². The molecule has 0 aromatic heterocycles. The van der Waals surface area contributed by atoms with Crippen LogP contribution in [0.25, 0.3) is 0 Å². The molecule has 0 atom stereocenters. The maximum absolute atomic E-state index is 4.07. The first-order valence-corrected chi connectivity index (χ1v) is 6.00. The van der Waals surface area contributed by atoms with Crippen LogP contribution in [-0.4, -0.2) is 24.5 Å². The van der Waals surface area contributed by atoms with Crippen LogP contribution in [0.5, 0.6) is 0 Å². The van der Waals surface area contributed by atoms with Gasteiger partial charge in [-0.15, -0.1) is 0 Å². The van der Waals surface area contributed by atoms with Crippen molar-refractivity contribution in [2.75, 3.05) is 13.6 Å². The van der Waals surface area contributed by atoms with Gasteiger partial charge < -0.3 is 4.90 Å². The Kier molecular flexibility index (Phi) is 4.67. The molecule has 1 nitrogen and oxygen atoms in total. The fourth-order valence-electron chi connectivity index (χ4n) is 2.54. The van der Waals surface area contributed by atoms with Crippen molar-refractivity contribution in [2.24, 2.45) is 5.92 Å². The highest BCUT2D eigenvalue weighted by atomic mass is 15.1. The highest BCUT2D eigenvalue weighted by Gasteiger charge is 2.23. The van der Waals surface area contributed by atoms with Gasteiger partial charge in [0, 0.05) is 6.04 Å². The van der Waals surface area contributed by atoms with Crippen LogP contribution >= 0.6 is 0 Å². The molecule has 0 unspecified atom stereocenters. The standard InChI is InChI=1S/C13H25N/c1-5-10-14(4)13-8-6-12(7-9-13)11(2)3/h12-13H,2,5-10H2,1,3-4H3. The molecule has 0 aromatic rings. The van der Waals surface area contributed by atoms with Gasteiger partial charge >= 0.3 is 0 Å². The lowest BCUT2D eigenvalue weighted by molar-refractivity contribution is 0.174. The summed E-state index contributed by atoms with van der Waals surface area (Å²) in [6, 6.07) is 0.838. The van der Waals surface area contributed by atoms with E-state index in [4.69, 9.17) is 0 Å². The molecule has 0 saturated heterocycles. The van der Waals surface area contributed by atoms with Gasteiger partial charge in [0.05, 0.1) is 0 Å². The molecule has 1 heteroatoms. The Bertz CT molecular complexity index is 178. The van der Waals surface area contributed by atoms with Crippen molar-refractivity contribution < 1.29 is 0 Å². The minimum Gasteiger partial charge on any atom is -0.303 e. The van der Waals surface area contributed by atoms with Crippen molar-refractivity contribution >= 4 is 0 Å². The molecule has 0 spiro atoms. The van der Waals surface area contributed by atoms with Gasteiger partial charge in [-0.05, 0) is 58.5 Å². The SMILES string of the molecule is C=C(C)C1CCC(N(C)CCC)CC1. The zero-order chi connectivity index (χ0) is 10.6. The van der Waals surface area contributed by atoms with Gasteiger partial charge in [-0.3, -0.25) is 0 Å². The molecular formula is C13H25N. The minimum atomic E-state index is 0.807. The van der Waals surface area contributed by atoms with Crippen molar-refractivity contribution in [1.82, 2.24) is 4.90 Å². The summed E-state index contributed by atoms with van der Waals surface area (Å²) in [5.74, 6) is 0.807. The van der Waals surface area contributed by atoms with Crippen molar-refractivity contribution in [1.29, 1.82) is 0 Å². The summed E-state index contributed by atoms with van der Waals surface area (Å²) in [6.07, 6.45) is 6.72. The van der Waals surface area contributed by atoms with Crippen molar-refractivity contribution in [2.45, 2.75) is 52.0 Å². The second kappa shape index (κ2) is 5.55. The molecule has 0 heterocycles. The average Bonchev–Trinajstić information content (AvgIpc) is 2.18. The fraction of sp³-hybridized carbons (Fsp3) is 0.846. The van der Waals surface area contributed by atoms with E-state index in [0.29, 0.717) is 0 Å². The van der Waals surface area contributed by atoms with Gasteiger partial charge in [-0.25, -0.2) is 0 Å². The van der Waals surface area contributed by atoms with E-state index in [1.807, 2.05) is 0 Å². The van der Waals surface area contributed by atoms with Crippen molar-refractivity contribution in [3.8, 4) is 0 Å². The molecule has 1 fully saturated rings. The van der Waals surface area contributed by atoms with Gasteiger partial charge in [-0.1, -0.05) is 19.1 Å². The number of hydrogen-bond donors (Lipinski definition) is 0. The van der Waals surface area contributed by atoms with Crippen LogP contribution in [0.15, 0.2) is 12.2 Å². The Labute approximate surface area is 89.2 Å². The third-order valence-corrected chi connectivity index (χ3v) is 3.59. The Morgan fingerprint density at radius 2 is 1.86 bits per heavy atom. The third kappa shape index (κ3) is 3.13. The van der Waals surface area contributed by atoms with Gasteiger partial charge in [0.25, 0.3) is 0 Å². The molecule has 82 valence electrons. The summed E-state index contributed by atoms with van der Waals surface area (Å²) in [6.45, 7) is 9.77. The molecule has 14 heavy (non-hydrogen) atoms. The smallest absolute Gasteiger partial charge is 0.00926 e. The summed E-state index contributed by atoms with van der Waals surface area (Å²) >= 11 is 0. The summed E-state index contributed by atoms with van der Waals surface area (Å²) in [5, 5.41) is 0. The van der Waals surface area contributed by atoms with Crippen LogP contribution in [0.3, 0.4) is 0 Å². The van der Waals surface area contributed by atoms with E-state index in [0.717, 1.165) is 12.0 Å². The summed E-state index contributed by atoms with van der Waals surface area (Å²) < 4.78 is 0. The molecule has 0 bridgehead atoms. The zero-order valence-corrected chi connectivity index (χ0v) is 10.1. The fourth-order valence-corrected chi connectivity index (χ4v) is 2.54. The van der Waals surface area contributed by atoms with Gasteiger partial charge in [0.2, 0.25) is 0 Å². The highest BCUT2D eigenvalue weighted by molar-refractivity contribution is 4.98. The quantitative estimate of drug-likeness (QED) is 0.621. The number of allylic oxidation sites excluding steroid dienone is 1. The Morgan fingerprint density at radius 1 is 1.29 bits per heavy atom. The van der Waals surface area contributed by atoms with E-state index < -0.39 is 0 Å². The molecule has 1 aliphatic carbocycles. The van der Waals surface area contributed by atoms with Crippen LogP contribution in [0.2, 0.25) is 0 Å². The second-order valence-corrected chi connectivity index (χ2v) is 4.83. The van der Waals surface area contributed by atoms with E-state index in [1.165, 1.54) is 44.2 Å². The molecule has 1 rings (SSSR count). The number of rotatable bonds is 4. The van der Waals surface area contributed by atoms with Gasteiger partial charge in [-0.2, -0.15) is 0 Å². The molecule has 1 aliphatic rings. The Morgan fingerprint density at radius 3 is 2.29 bits per heavy atom. The van der Waals surface area contributed by atoms with Crippen LogP contribution in [0, 0.1) is 5.92 Å². The van der Waals surface area contributed by atoms with Crippen molar-refractivity contribution in [3.63, 3.8) is 0 Å². The lowest BCUT2D eigenvalue weighted by Crippen LogP contribution is -2.35. The Balaban J connectivity index is 2.31. The molecule has 0 aliphatic heterocycles. The molecule has 1 saturated carbocycles. The topological polar surface area (TPSA) is 3.24 Å². The summed E-state index contributed by atoms with van der Waals surface area (Å²) in [5.41, 5.74) is 1.39. The maximum atomic E-state index is 4.07. The minimum absolute atomic E-state index is 0.807. The highest BCUT2D eigenvalue weighted by Crippen LogP contribution is 2.30. The predicted octanol–water partition coefficient (Wildman–Crippen LogP) is 3.46. The van der Waals surface area contributed by atoms with Gasteiger partial charge in [0.1, 0.15) is 0 Å². The first-order valence-electron chi connectivity index (χ1n) is 6.00. The van der Waals surface area contributed by atoms with E-state index in [9.17, 15) is 0 Å². The molecule has 0 aromatic carbocycles. The molecule has 0 N–H and O–H groups in total. The molecule has 0 radical (unpaired) electrons. The third-order valence-electron chi connectivity index (χ3n) is 3.59. The summed E-state index contributed by atoms with van der Waals surface area (Å²) in [7, 11) is 2.27. The van der Waals surface area contributed by atoms with Crippen molar-refractivity contribution in [3.05, 3.63) is 12.2 Å². The lowest BCUT2D eigenvalue weighted by Gasteiger charge is -2.34. The normalized spacial score (nSPS) is 28.0. The van der Waals surface area contributed by atoms with Gasteiger partial charge in [0.15, 0.2) is 0 Å². The van der Waals surface area contributed by atoms with E-state index in [1.54, 1.807) is 0 Å². The maximum Gasteiger partial charge on any atom is 0.00926 e. The average molecular weight is 195 g/mol. The first-order chi connectivity index (χ1) is 6.65.